The maximum absolute atomic E-state index is 12.4. The van der Waals surface area contributed by atoms with Gasteiger partial charge in [-0.15, -0.1) is 11.3 Å². The molecule has 0 spiro atoms. The molecule has 0 saturated heterocycles. The average Bonchev–Trinajstić information content (AvgIpc) is 2.68. The van der Waals surface area contributed by atoms with E-state index in [0.717, 1.165) is 0 Å². The van der Waals surface area contributed by atoms with Gasteiger partial charge < -0.3 is 14.7 Å². The molecule has 112 valence electrons. The number of aryl methyl sites for hydroxylation is 1. The summed E-state index contributed by atoms with van der Waals surface area (Å²) < 4.78 is 4.99. The number of hydrogen-bond acceptors (Lipinski definition) is 5. The zero-order chi connectivity index (χ0) is 15.3. The van der Waals surface area contributed by atoms with Crippen molar-refractivity contribution in [3.05, 3.63) is 15.6 Å². The summed E-state index contributed by atoms with van der Waals surface area (Å²) in [5.41, 5.74) is 0.617. The van der Waals surface area contributed by atoms with E-state index in [1.165, 1.54) is 16.2 Å². The monoisotopic (exact) mass is 300 g/mol. The SMILES string of the molecule is COCc1nc(C)c(C(=O)N(CC(=O)O)CC(C)C)s1. The number of aliphatic carboxylic acids is 1. The molecular formula is C13H20N2O4S. The Morgan fingerprint density at radius 3 is 2.60 bits per heavy atom. The second kappa shape index (κ2) is 7.35. The van der Waals surface area contributed by atoms with Crippen LogP contribution >= 0.6 is 11.3 Å². The topological polar surface area (TPSA) is 79.7 Å². The molecule has 6 nitrogen and oxygen atoms in total. The van der Waals surface area contributed by atoms with E-state index in [1.807, 2.05) is 13.8 Å². The molecule has 1 rings (SSSR count). The summed E-state index contributed by atoms with van der Waals surface area (Å²) in [6.07, 6.45) is 0. The van der Waals surface area contributed by atoms with Crippen LogP contribution in [0.5, 0.6) is 0 Å². The second-order valence-electron chi connectivity index (χ2n) is 4.93. The number of carboxylic acids is 1. The number of carbonyl (C=O) groups excluding carboxylic acids is 1. The third-order valence-corrected chi connectivity index (χ3v) is 3.62. The fraction of sp³-hybridized carbons (Fsp3) is 0.615. The van der Waals surface area contributed by atoms with Gasteiger partial charge in [-0.05, 0) is 12.8 Å². The average molecular weight is 300 g/mol. The van der Waals surface area contributed by atoms with Crippen LogP contribution in [0.25, 0.3) is 0 Å². The van der Waals surface area contributed by atoms with Crippen LogP contribution in [0.4, 0.5) is 0 Å². The van der Waals surface area contributed by atoms with E-state index in [2.05, 4.69) is 4.98 Å². The number of ether oxygens (including phenoxy) is 1. The molecule has 0 aliphatic heterocycles. The lowest BCUT2D eigenvalue weighted by atomic mass is 10.2. The number of carboxylic acid groups (broad SMARTS) is 1. The number of carbonyl (C=O) groups is 2. The Bertz CT molecular complexity index is 485. The third kappa shape index (κ3) is 4.57. The van der Waals surface area contributed by atoms with Crippen molar-refractivity contribution in [2.75, 3.05) is 20.2 Å². The van der Waals surface area contributed by atoms with Crippen molar-refractivity contribution in [1.82, 2.24) is 9.88 Å². The van der Waals surface area contributed by atoms with Crippen LogP contribution in [0.1, 0.15) is 34.2 Å². The first-order valence-corrected chi connectivity index (χ1v) is 7.13. The fourth-order valence-electron chi connectivity index (χ4n) is 1.80. The van der Waals surface area contributed by atoms with Gasteiger partial charge in [0, 0.05) is 13.7 Å². The van der Waals surface area contributed by atoms with E-state index in [-0.39, 0.29) is 18.4 Å². The summed E-state index contributed by atoms with van der Waals surface area (Å²) >= 11 is 1.25. The highest BCUT2D eigenvalue weighted by atomic mass is 32.1. The molecule has 0 fully saturated rings. The quantitative estimate of drug-likeness (QED) is 0.830. The van der Waals surface area contributed by atoms with Gasteiger partial charge in [0.25, 0.3) is 5.91 Å². The van der Waals surface area contributed by atoms with E-state index < -0.39 is 5.97 Å². The highest BCUT2D eigenvalue weighted by molar-refractivity contribution is 7.13. The van der Waals surface area contributed by atoms with Gasteiger partial charge >= 0.3 is 5.97 Å². The molecule has 0 radical (unpaired) electrons. The first kappa shape index (κ1) is 16.6. The normalized spacial score (nSPS) is 10.8. The third-order valence-electron chi connectivity index (χ3n) is 2.50. The minimum absolute atomic E-state index is 0.199. The van der Waals surface area contributed by atoms with E-state index >= 15 is 0 Å². The Kier molecular flexibility index (Phi) is 6.09. The van der Waals surface area contributed by atoms with E-state index in [4.69, 9.17) is 9.84 Å². The van der Waals surface area contributed by atoms with Crippen molar-refractivity contribution in [1.29, 1.82) is 0 Å². The molecule has 0 atom stereocenters. The van der Waals surface area contributed by atoms with Crippen LogP contribution < -0.4 is 0 Å². The van der Waals surface area contributed by atoms with Gasteiger partial charge in [-0.3, -0.25) is 9.59 Å². The number of methoxy groups -OCH3 is 1. The number of hydrogen-bond donors (Lipinski definition) is 1. The molecule has 7 heteroatoms. The van der Waals surface area contributed by atoms with Gasteiger partial charge in [0.15, 0.2) is 0 Å². The maximum atomic E-state index is 12.4. The number of amides is 1. The molecule has 0 saturated carbocycles. The molecule has 0 aliphatic carbocycles. The summed E-state index contributed by atoms with van der Waals surface area (Å²) in [5.74, 6) is -1.10. The first-order chi connectivity index (χ1) is 9.35. The Morgan fingerprint density at radius 1 is 1.45 bits per heavy atom. The van der Waals surface area contributed by atoms with Crippen LogP contribution in [0.2, 0.25) is 0 Å². The molecule has 1 amide bonds. The molecule has 0 unspecified atom stereocenters. The van der Waals surface area contributed by atoms with Crippen LogP contribution in [-0.4, -0.2) is 47.1 Å². The summed E-state index contributed by atoms with van der Waals surface area (Å²) in [5, 5.41) is 9.64. The zero-order valence-corrected chi connectivity index (χ0v) is 13.0. The Hall–Kier alpha value is -1.47. The van der Waals surface area contributed by atoms with Crippen LogP contribution in [0.3, 0.4) is 0 Å². The molecular weight excluding hydrogens is 280 g/mol. The Balaban J connectivity index is 2.95. The van der Waals surface area contributed by atoms with Gasteiger partial charge in [0.05, 0.1) is 12.3 Å². The molecule has 1 aromatic rings. The predicted octanol–water partition coefficient (Wildman–Crippen LogP) is 1.78. The summed E-state index contributed by atoms with van der Waals surface area (Å²) in [6, 6.07) is 0. The van der Waals surface area contributed by atoms with Crippen molar-refractivity contribution in [2.24, 2.45) is 5.92 Å². The smallest absolute Gasteiger partial charge is 0.323 e. The van der Waals surface area contributed by atoms with E-state index in [9.17, 15) is 9.59 Å². The molecule has 1 aromatic heterocycles. The molecule has 0 aliphatic rings. The van der Waals surface area contributed by atoms with E-state index in [0.29, 0.717) is 28.7 Å². The molecule has 1 N–H and O–H groups in total. The number of aromatic nitrogens is 1. The van der Waals surface area contributed by atoms with Crippen LogP contribution in [-0.2, 0) is 16.1 Å². The van der Waals surface area contributed by atoms with Gasteiger partial charge in [0.2, 0.25) is 0 Å². The molecule has 0 bridgehead atoms. The van der Waals surface area contributed by atoms with Crippen LogP contribution in [0, 0.1) is 12.8 Å². The molecule has 1 heterocycles. The predicted molar refractivity (Wildman–Crippen MR) is 75.9 cm³/mol. The Morgan fingerprint density at radius 2 is 2.10 bits per heavy atom. The van der Waals surface area contributed by atoms with Crippen molar-refractivity contribution >= 4 is 23.2 Å². The summed E-state index contributed by atoms with van der Waals surface area (Å²) in [6.45, 7) is 6.09. The molecule has 0 aromatic carbocycles. The zero-order valence-electron chi connectivity index (χ0n) is 12.2. The van der Waals surface area contributed by atoms with Gasteiger partial charge in [0.1, 0.15) is 16.4 Å². The standard InChI is InChI=1S/C13H20N2O4S/c1-8(2)5-15(6-11(16)17)13(18)12-9(3)14-10(20-12)7-19-4/h8H,5-7H2,1-4H3,(H,16,17). The van der Waals surface area contributed by atoms with Crippen molar-refractivity contribution in [3.63, 3.8) is 0 Å². The fourth-order valence-corrected chi connectivity index (χ4v) is 2.81. The van der Waals surface area contributed by atoms with Gasteiger partial charge in [-0.2, -0.15) is 0 Å². The largest absolute Gasteiger partial charge is 0.480 e. The lowest BCUT2D eigenvalue weighted by Gasteiger charge is -2.22. The van der Waals surface area contributed by atoms with E-state index in [1.54, 1.807) is 14.0 Å². The maximum Gasteiger partial charge on any atom is 0.323 e. The second-order valence-corrected chi connectivity index (χ2v) is 6.01. The summed E-state index contributed by atoms with van der Waals surface area (Å²) in [7, 11) is 1.56. The van der Waals surface area contributed by atoms with Crippen molar-refractivity contribution in [2.45, 2.75) is 27.4 Å². The van der Waals surface area contributed by atoms with Gasteiger partial charge in [-0.1, -0.05) is 13.8 Å². The number of rotatable bonds is 7. The number of nitrogens with zero attached hydrogens (tertiary/aromatic N) is 2. The van der Waals surface area contributed by atoms with Gasteiger partial charge in [-0.25, -0.2) is 4.98 Å². The lowest BCUT2D eigenvalue weighted by Crippen LogP contribution is -2.38. The Labute approximate surface area is 122 Å². The lowest BCUT2D eigenvalue weighted by molar-refractivity contribution is -0.137. The highest BCUT2D eigenvalue weighted by Crippen LogP contribution is 2.21. The van der Waals surface area contributed by atoms with Crippen LogP contribution in [0.15, 0.2) is 0 Å². The molecule has 20 heavy (non-hydrogen) atoms. The summed E-state index contributed by atoms with van der Waals surface area (Å²) in [4.78, 5) is 29.4. The van der Waals surface area contributed by atoms with Crippen molar-refractivity contribution in [3.8, 4) is 0 Å². The highest BCUT2D eigenvalue weighted by Gasteiger charge is 2.23. The minimum atomic E-state index is -1.02. The minimum Gasteiger partial charge on any atom is -0.480 e. The van der Waals surface area contributed by atoms with Crippen molar-refractivity contribution < 1.29 is 19.4 Å². The first-order valence-electron chi connectivity index (χ1n) is 6.31. The number of thiazole rings is 1.